The van der Waals surface area contributed by atoms with Gasteiger partial charge in [-0.05, 0) is 42.5 Å². The monoisotopic (exact) mass is 416 g/mol. The minimum Gasteiger partial charge on any atom is -0.496 e. The highest BCUT2D eigenvalue weighted by atomic mass is 32.1. The number of guanidine groups is 1. The van der Waals surface area contributed by atoms with Gasteiger partial charge >= 0.3 is 0 Å². The second kappa shape index (κ2) is 11.2. The standard InChI is InChI=1S/C22H32N4O2S/c1-4-23-22(24-15-18-7-8-20(27-3)17(2)14-18)25-16-19(21-6-5-13-29-21)26-9-11-28-12-10-26/h5-8,13-14,19H,4,9-12,15-16H2,1-3H3,(H2,23,24,25). The molecule has 6 nitrogen and oxygen atoms in total. The number of nitrogens with zero attached hydrogens (tertiary/aromatic N) is 2. The first-order valence-electron chi connectivity index (χ1n) is 10.2. The van der Waals surface area contributed by atoms with Crippen molar-refractivity contribution in [2.24, 2.45) is 4.99 Å². The van der Waals surface area contributed by atoms with E-state index in [0.717, 1.165) is 56.7 Å². The van der Waals surface area contributed by atoms with E-state index in [2.05, 4.69) is 59.0 Å². The van der Waals surface area contributed by atoms with Gasteiger partial charge in [0.25, 0.3) is 0 Å². The molecule has 2 heterocycles. The first-order valence-corrected chi connectivity index (χ1v) is 11.1. The molecule has 1 unspecified atom stereocenters. The molecule has 158 valence electrons. The summed E-state index contributed by atoms with van der Waals surface area (Å²) in [5, 5.41) is 9.07. The van der Waals surface area contributed by atoms with Crippen molar-refractivity contribution in [2.45, 2.75) is 26.4 Å². The molecular weight excluding hydrogens is 384 g/mol. The lowest BCUT2D eigenvalue weighted by Gasteiger charge is -2.34. The van der Waals surface area contributed by atoms with Crippen LogP contribution < -0.4 is 15.4 Å². The topological polar surface area (TPSA) is 58.1 Å². The van der Waals surface area contributed by atoms with E-state index in [1.807, 2.05) is 17.4 Å². The predicted octanol–water partition coefficient (Wildman–Crippen LogP) is 3.19. The molecule has 2 aromatic rings. The Morgan fingerprint density at radius 1 is 1.28 bits per heavy atom. The van der Waals surface area contributed by atoms with Gasteiger partial charge < -0.3 is 20.1 Å². The van der Waals surface area contributed by atoms with E-state index in [9.17, 15) is 0 Å². The Morgan fingerprint density at radius 3 is 2.76 bits per heavy atom. The van der Waals surface area contributed by atoms with Gasteiger partial charge in [0.1, 0.15) is 5.75 Å². The van der Waals surface area contributed by atoms with Crippen molar-refractivity contribution in [3.8, 4) is 5.75 Å². The van der Waals surface area contributed by atoms with Crippen molar-refractivity contribution in [3.63, 3.8) is 0 Å². The van der Waals surface area contributed by atoms with E-state index in [1.165, 1.54) is 10.4 Å². The maximum absolute atomic E-state index is 5.54. The average Bonchev–Trinajstić information content (AvgIpc) is 3.27. The van der Waals surface area contributed by atoms with Crippen LogP contribution in [0.2, 0.25) is 0 Å². The van der Waals surface area contributed by atoms with Crippen molar-refractivity contribution >= 4 is 17.3 Å². The number of hydrogen-bond donors (Lipinski definition) is 2. The first-order chi connectivity index (χ1) is 14.2. The molecule has 29 heavy (non-hydrogen) atoms. The summed E-state index contributed by atoms with van der Waals surface area (Å²) in [5.41, 5.74) is 2.30. The number of benzene rings is 1. The first kappa shape index (κ1) is 21.6. The summed E-state index contributed by atoms with van der Waals surface area (Å²) >= 11 is 1.81. The van der Waals surface area contributed by atoms with Crippen LogP contribution in [0.15, 0.2) is 40.7 Å². The second-order valence-corrected chi connectivity index (χ2v) is 8.04. The van der Waals surface area contributed by atoms with Crippen LogP contribution in [0, 0.1) is 6.92 Å². The minimum absolute atomic E-state index is 0.325. The Morgan fingerprint density at radius 2 is 2.10 bits per heavy atom. The number of aliphatic imine (C=N–C) groups is 1. The zero-order chi connectivity index (χ0) is 20.5. The summed E-state index contributed by atoms with van der Waals surface area (Å²) in [6, 6.07) is 10.9. The summed E-state index contributed by atoms with van der Waals surface area (Å²) < 4.78 is 10.9. The van der Waals surface area contributed by atoms with Crippen LogP contribution in [0.25, 0.3) is 0 Å². The van der Waals surface area contributed by atoms with Gasteiger partial charge in [-0.15, -0.1) is 11.3 Å². The molecule has 1 aromatic heterocycles. The van der Waals surface area contributed by atoms with E-state index in [0.29, 0.717) is 12.6 Å². The van der Waals surface area contributed by atoms with Crippen LogP contribution in [-0.4, -0.2) is 57.4 Å². The molecule has 2 N–H and O–H groups in total. The van der Waals surface area contributed by atoms with Gasteiger partial charge in [0.2, 0.25) is 0 Å². The Labute approximate surface area is 177 Å². The van der Waals surface area contributed by atoms with Crippen molar-refractivity contribution in [1.82, 2.24) is 15.5 Å². The lowest BCUT2D eigenvalue weighted by Crippen LogP contribution is -2.46. The van der Waals surface area contributed by atoms with Crippen LogP contribution in [0.1, 0.15) is 29.0 Å². The smallest absolute Gasteiger partial charge is 0.191 e. The maximum Gasteiger partial charge on any atom is 0.191 e. The average molecular weight is 417 g/mol. The highest BCUT2D eigenvalue weighted by molar-refractivity contribution is 7.10. The van der Waals surface area contributed by atoms with Gasteiger partial charge in [-0.3, -0.25) is 4.90 Å². The largest absolute Gasteiger partial charge is 0.496 e. The summed E-state index contributed by atoms with van der Waals surface area (Å²) in [5.74, 6) is 1.75. The van der Waals surface area contributed by atoms with Gasteiger partial charge in [-0.1, -0.05) is 18.2 Å². The number of methoxy groups -OCH3 is 1. The third-order valence-corrected chi connectivity index (χ3v) is 6.02. The third kappa shape index (κ3) is 6.19. The lowest BCUT2D eigenvalue weighted by molar-refractivity contribution is 0.0177. The predicted molar refractivity (Wildman–Crippen MR) is 120 cm³/mol. The molecule has 0 amide bonds. The van der Waals surface area contributed by atoms with Crippen molar-refractivity contribution in [1.29, 1.82) is 0 Å². The molecule has 1 saturated heterocycles. The van der Waals surface area contributed by atoms with Crippen LogP contribution in [0.3, 0.4) is 0 Å². The highest BCUT2D eigenvalue weighted by Crippen LogP contribution is 2.25. The third-order valence-electron chi connectivity index (χ3n) is 5.04. The summed E-state index contributed by atoms with van der Waals surface area (Å²) in [7, 11) is 1.70. The van der Waals surface area contributed by atoms with E-state index < -0.39 is 0 Å². The molecule has 1 aliphatic heterocycles. The molecule has 0 aliphatic carbocycles. The molecule has 0 bridgehead atoms. The fourth-order valence-electron chi connectivity index (χ4n) is 3.52. The van der Waals surface area contributed by atoms with Crippen LogP contribution >= 0.6 is 11.3 Å². The zero-order valence-corrected chi connectivity index (χ0v) is 18.4. The van der Waals surface area contributed by atoms with E-state index in [4.69, 9.17) is 14.5 Å². The van der Waals surface area contributed by atoms with Crippen LogP contribution in [0.5, 0.6) is 5.75 Å². The molecule has 0 radical (unpaired) electrons. The minimum atomic E-state index is 0.325. The molecular formula is C22H32N4O2S. The zero-order valence-electron chi connectivity index (χ0n) is 17.6. The molecule has 1 aliphatic rings. The van der Waals surface area contributed by atoms with Crippen molar-refractivity contribution in [2.75, 3.05) is 46.5 Å². The van der Waals surface area contributed by atoms with Gasteiger partial charge in [0.05, 0.1) is 32.9 Å². The van der Waals surface area contributed by atoms with Gasteiger partial charge in [-0.2, -0.15) is 0 Å². The van der Waals surface area contributed by atoms with Crippen LogP contribution in [0.4, 0.5) is 0 Å². The van der Waals surface area contributed by atoms with E-state index >= 15 is 0 Å². The molecule has 0 spiro atoms. The number of morpholine rings is 1. The number of aryl methyl sites for hydroxylation is 1. The number of ether oxygens (including phenoxy) is 2. The summed E-state index contributed by atoms with van der Waals surface area (Å²) in [4.78, 5) is 8.67. The van der Waals surface area contributed by atoms with Crippen molar-refractivity contribution in [3.05, 3.63) is 51.7 Å². The van der Waals surface area contributed by atoms with E-state index in [-0.39, 0.29) is 0 Å². The molecule has 7 heteroatoms. The maximum atomic E-state index is 5.54. The molecule has 3 rings (SSSR count). The Kier molecular flexibility index (Phi) is 8.34. The fraction of sp³-hybridized carbons (Fsp3) is 0.500. The Bertz CT molecular complexity index is 773. The van der Waals surface area contributed by atoms with Crippen LogP contribution in [-0.2, 0) is 11.3 Å². The van der Waals surface area contributed by atoms with Crippen molar-refractivity contribution < 1.29 is 9.47 Å². The number of rotatable bonds is 8. The fourth-order valence-corrected chi connectivity index (χ4v) is 4.38. The molecule has 1 aromatic carbocycles. The molecule has 1 fully saturated rings. The Hall–Kier alpha value is -2.09. The summed E-state index contributed by atoms with van der Waals surface area (Å²) in [6.07, 6.45) is 0. The Balaban J connectivity index is 1.66. The quantitative estimate of drug-likeness (QED) is 0.511. The lowest BCUT2D eigenvalue weighted by atomic mass is 10.1. The van der Waals surface area contributed by atoms with Gasteiger partial charge in [-0.25, -0.2) is 4.99 Å². The highest BCUT2D eigenvalue weighted by Gasteiger charge is 2.23. The van der Waals surface area contributed by atoms with Gasteiger partial charge in [0, 0.05) is 31.1 Å². The number of thiophene rings is 1. The molecule has 0 saturated carbocycles. The SMILES string of the molecule is CCNC(=NCc1ccc(OC)c(C)c1)NCC(c1cccs1)N1CCOCC1. The number of hydrogen-bond acceptors (Lipinski definition) is 5. The normalized spacial score (nSPS) is 16.4. The summed E-state index contributed by atoms with van der Waals surface area (Å²) in [6.45, 7) is 9.94. The number of nitrogens with one attached hydrogen (secondary N) is 2. The van der Waals surface area contributed by atoms with Gasteiger partial charge in [0.15, 0.2) is 5.96 Å². The molecule has 1 atom stereocenters. The van der Waals surface area contributed by atoms with E-state index in [1.54, 1.807) is 7.11 Å². The second-order valence-electron chi connectivity index (χ2n) is 7.06.